The molecule has 1 aromatic rings. The van der Waals surface area contributed by atoms with Crippen LogP contribution in [0.3, 0.4) is 0 Å². The zero-order chi connectivity index (χ0) is 16.7. The molecular weight excluding hydrogens is 302 g/mol. The minimum Gasteiger partial charge on any atom is -0.324 e. The first-order valence-electron chi connectivity index (χ1n) is 6.98. The SMILES string of the molecule is CN1C(=O)c2cccc(NC(=O)CN3C(=O)CCC3=O)c2C1=O. The van der Waals surface area contributed by atoms with E-state index in [2.05, 4.69) is 5.32 Å². The van der Waals surface area contributed by atoms with E-state index in [1.807, 2.05) is 0 Å². The molecule has 0 aromatic heterocycles. The summed E-state index contributed by atoms with van der Waals surface area (Å²) in [7, 11) is 1.36. The number of rotatable bonds is 3. The van der Waals surface area contributed by atoms with Crippen LogP contribution in [-0.4, -0.2) is 52.9 Å². The van der Waals surface area contributed by atoms with Crippen LogP contribution in [0, 0.1) is 0 Å². The van der Waals surface area contributed by atoms with Crippen molar-refractivity contribution in [3.63, 3.8) is 0 Å². The second kappa shape index (κ2) is 5.31. The van der Waals surface area contributed by atoms with Gasteiger partial charge in [0, 0.05) is 19.9 Å². The minimum atomic E-state index is -0.600. The molecule has 1 fully saturated rings. The quantitative estimate of drug-likeness (QED) is 0.791. The van der Waals surface area contributed by atoms with E-state index < -0.39 is 36.1 Å². The second-order valence-corrected chi connectivity index (χ2v) is 5.32. The van der Waals surface area contributed by atoms with Crippen LogP contribution in [0.25, 0.3) is 0 Å². The van der Waals surface area contributed by atoms with Crippen LogP contribution in [-0.2, 0) is 14.4 Å². The summed E-state index contributed by atoms with van der Waals surface area (Å²) in [4.78, 5) is 60.9. The normalized spacial score (nSPS) is 17.1. The van der Waals surface area contributed by atoms with Gasteiger partial charge in [-0.3, -0.25) is 33.8 Å². The lowest BCUT2D eigenvalue weighted by Crippen LogP contribution is -2.37. The van der Waals surface area contributed by atoms with Crippen molar-refractivity contribution in [1.82, 2.24) is 9.80 Å². The van der Waals surface area contributed by atoms with Crippen molar-refractivity contribution in [2.75, 3.05) is 18.9 Å². The standard InChI is InChI=1S/C15H13N3O5/c1-17-14(22)8-3-2-4-9(13(8)15(17)23)16-10(19)7-18-11(20)5-6-12(18)21/h2-4H,5-7H2,1H3,(H,16,19). The summed E-state index contributed by atoms with van der Waals surface area (Å²) in [5.74, 6) is -2.33. The molecule has 0 radical (unpaired) electrons. The highest BCUT2D eigenvalue weighted by Crippen LogP contribution is 2.28. The number of amides is 5. The number of hydrogen-bond acceptors (Lipinski definition) is 5. The monoisotopic (exact) mass is 315 g/mol. The van der Waals surface area contributed by atoms with Gasteiger partial charge < -0.3 is 5.32 Å². The first-order chi connectivity index (χ1) is 10.9. The maximum Gasteiger partial charge on any atom is 0.263 e. The maximum absolute atomic E-state index is 12.1. The summed E-state index contributed by atoms with van der Waals surface area (Å²) in [6.45, 7) is -0.403. The molecule has 2 aliphatic heterocycles. The van der Waals surface area contributed by atoms with Crippen LogP contribution < -0.4 is 5.32 Å². The van der Waals surface area contributed by atoms with Crippen LogP contribution in [0.1, 0.15) is 33.6 Å². The lowest BCUT2D eigenvalue weighted by atomic mass is 10.1. The number of carbonyl (C=O) groups excluding carboxylic acids is 5. The van der Waals surface area contributed by atoms with Crippen molar-refractivity contribution < 1.29 is 24.0 Å². The molecule has 5 amide bonds. The molecule has 0 aliphatic carbocycles. The summed E-state index contributed by atoms with van der Waals surface area (Å²) < 4.78 is 0. The first kappa shape index (κ1) is 14.9. The van der Waals surface area contributed by atoms with Gasteiger partial charge in [0.25, 0.3) is 11.8 Å². The molecule has 1 aromatic carbocycles. The Morgan fingerprint density at radius 1 is 1.09 bits per heavy atom. The first-order valence-corrected chi connectivity index (χ1v) is 6.98. The van der Waals surface area contributed by atoms with Crippen molar-refractivity contribution in [3.05, 3.63) is 29.3 Å². The van der Waals surface area contributed by atoms with Crippen molar-refractivity contribution in [2.45, 2.75) is 12.8 Å². The third kappa shape index (κ3) is 2.37. The zero-order valence-electron chi connectivity index (χ0n) is 12.3. The summed E-state index contributed by atoms with van der Waals surface area (Å²) >= 11 is 0. The summed E-state index contributed by atoms with van der Waals surface area (Å²) in [5.41, 5.74) is 0.519. The van der Waals surface area contributed by atoms with E-state index >= 15 is 0 Å². The van der Waals surface area contributed by atoms with E-state index in [0.717, 1.165) is 9.80 Å². The number of imide groups is 2. The van der Waals surface area contributed by atoms with Gasteiger partial charge >= 0.3 is 0 Å². The highest BCUT2D eigenvalue weighted by atomic mass is 16.2. The lowest BCUT2D eigenvalue weighted by Gasteiger charge is -2.14. The molecule has 2 aliphatic rings. The topological polar surface area (TPSA) is 104 Å². The fraction of sp³-hybridized carbons (Fsp3) is 0.267. The number of carbonyl (C=O) groups is 5. The van der Waals surface area contributed by atoms with E-state index in [1.165, 1.54) is 19.2 Å². The predicted octanol–water partition coefficient (Wildman–Crippen LogP) is -0.000100. The van der Waals surface area contributed by atoms with Crippen LogP contribution in [0.15, 0.2) is 18.2 Å². The summed E-state index contributed by atoms with van der Waals surface area (Å²) in [5, 5.41) is 2.50. The Bertz CT molecular complexity index is 754. The molecule has 0 bridgehead atoms. The van der Waals surface area contributed by atoms with Gasteiger partial charge in [-0.15, -0.1) is 0 Å². The molecule has 0 unspecified atom stereocenters. The average Bonchev–Trinajstić information content (AvgIpc) is 2.94. The number of anilines is 1. The smallest absolute Gasteiger partial charge is 0.263 e. The third-order valence-corrected chi connectivity index (χ3v) is 3.85. The zero-order valence-corrected chi connectivity index (χ0v) is 12.3. The number of nitrogens with one attached hydrogen (secondary N) is 1. The average molecular weight is 315 g/mol. The van der Waals surface area contributed by atoms with E-state index in [4.69, 9.17) is 0 Å². The molecule has 118 valence electrons. The minimum absolute atomic E-state index is 0.102. The van der Waals surface area contributed by atoms with E-state index in [9.17, 15) is 24.0 Å². The molecule has 0 saturated carbocycles. The highest BCUT2D eigenvalue weighted by Gasteiger charge is 2.36. The van der Waals surface area contributed by atoms with E-state index in [-0.39, 0.29) is 29.7 Å². The van der Waals surface area contributed by atoms with E-state index in [1.54, 1.807) is 6.07 Å². The molecular formula is C15H13N3O5. The summed E-state index contributed by atoms with van der Waals surface area (Å²) in [6, 6.07) is 4.54. The van der Waals surface area contributed by atoms with Gasteiger partial charge in [0.2, 0.25) is 17.7 Å². The predicted molar refractivity (Wildman–Crippen MR) is 77.4 cm³/mol. The van der Waals surface area contributed by atoms with Crippen LogP contribution in [0.5, 0.6) is 0 Å². The van der Waals surface area contributed by atoms with Gasteiger partial charge in [-0.05, 0) is 12.1 Å². The third-order valence-electron chi connectivity index (χ3n) is 3.85. The van der Waals surface area contributed by atoms with Crippen molar-refractivity contribution in [1.29, 1.82) is 0 Å². The molecule has 0 spiro atoms. The van der Waals surface area contributed by atoms with Gasteiger partial charge in [0.1, 0.15) is 6.54 Å². The largest absolute Gasteiger partial charge is 0.324 e. The van der Waals surface area contributed by atoms with Gasteiger partial charge in [-0.2, -0.15) is 0 Å². The highest BCUT2D eigenvalue weighted by molar-refractivity contribution is 6.24. The fourth-order valence-electron chi connectivity index (χ4n) is 2.64. The Morgan fingerprint density at radius 3 is 2.39 bits per heavy atom. The fourth-order valence-corrected chi connectivity index (χ4v) is 2.64. The Morgan fingerprint density at radius 2 is 1.74 bits per heavy atom. The molecule has 8 heteroatoms. The van der Waals surface area contributed by atoms with Gasteiger partial charge in [-0.1, -0.05) is 6.07 Å². The van der Waals surface area contributed by atoms with Crippen molar-refractivity contribution in [2.24, 2.45) is 0 Å². The molecule has 8 nitrogen and oxygen atoms in total. The van der Waals surface area contributed by atoms with Gasteiger partial charge in [-0.25, -0.2) is 0 Å². The number of likely N-dealkylation sites (tertiary alicyclic amines) is 1. The van der Waals surface area contributed by atoms with Crippen molar-refractivity contribution in [3.8, 4) is 0 Å². The lowest BCUT2D eigenvalue weighted by molar-refractivity contribution is -0.141. The Hall–Kier alpha value is -3.03. The maximum atomic E-state index is 12.1. The second-order valence-electron chi connectivity index (χ2n) is 5.32. The van der Waals surface area contributed by atoms with Crippen LogP contribution in [0.2, 0.25) is 0 Å². The number of benzene rings is 1. The van der Waals surface area contributed by atoms with Gasteiger partial charge in [0.15, 0.2) is 0 Å². The number of fused-ring (bicyclic) bond motifs is 1. The van der Waals surface area contributed by atoms with Crippen molar-refractivity contribution >= 4 is 35.2 Å². The Balaban J connectivity index is 1.81. The molecule has 23 heavy (non-hydrogen) atoms. The summed E-state index contributed by atoms with van der Waals surface area (Å²) in [6.07, 6.45) is 0.204. The molecule has 0 atom stereocenters. The molecule has 3 rings (SSSR count). The Kier molecular flexibility index (Phi) is 3.44. The number of nitrogens with zero attached hydrogens (tertiary/aromatic N) is 2. The van der Waals surface area contributed by atoms with Crippen LogP contribution >= 0.6 is 0 Å². The molecule has 1 saturated heterocycles. The van der Waals surface area contributed by atoms with Crippen LogP contribution in [0.4, 0.5) is 5.69 Å². The molecule has 2 heterocycles. The van der Waals surface area contributed by atoms with E-state index in [0.29, 0.717) is 0 Å². The molecule has 1 N–H and O–H groups in total. The number of hydrogen-bond donors (Lipinski definition) is 1. The van der Waals surface area contributed by atoms with Gasteiger partial charge in [0.05, 0.1) is 16.8 Å². The Labute approximate surface area is 131 Å².